The molecule has 0 radical (unpaired) electrons. The molecule has 0 saturated carbocycles. The van der Waals surface area contributed by atoms with Crippen LogP contribution in [0.1, 0.15) is 26.6 Å². The van der Waals surface area contributed by atoms with E-state index in [4.69, 9.17) is 4.74 Å². The van der Waals surface area contributed by atoms with Crippen molar-refractivity contribution >= 4 is 17.2 Å². The number of hydrogen-bond donors (Lipinski definition) is 0. The summed E-state index contributed by atoms with van der Waals surface area (Å²) in [6.07, 6.45) is 0. The van der Waals surface area contributed by atoms with Gasteiger partial charge in [-0.1, -0.05) is 29.8 Å². The van der Waals surface area contributed by atoms with Gasteiger partial charge < -0.3 is 14.4 Å². The van der Waals surface area contributed by atoms with Crippen LogP contribution >= 0.6 is 11.3 Å². The van der Waals surface area contributed by atoms with Crippen LogP contribution in [0.5, 0.6) is 11.5 Å². The van der Waals surface area contributed by atoms with Gasteiger partial charge >= 0.3 is 6.61 Å². The van der Waals surface area contributed by atoms with Crippen molar-refractivity contribution in [3.8, 4) is 11.5 Å². The SMILES string of the molecule is Cc1ccc(OCc2nc(CN3CCN(C(=O)c4ccccc4OC(F)F)CC3)cs2)cc1. The van der Waals surface area contributed by atoms with Crippen LogP contribution in [0, 0.1) is 6.92 Å². The van der Waals surface area contributed by atoms with Gasteiger partial charge in [-0.25, -0.2) is 4.98 Å². The number of piperazine rings is 1. The van der Waals surface area contributed by atoms with Gasteiger partial charge in [0.15, 0.2) is 0 Å². The Balaban J connectivity index is 1.27. The van der Waals surface area contributed by atoms with Crippen molar-refractivity contribution in [3.05, 3.63) is 75.7 Å². The first-order chi connectivity index (χ1) is 16.0. The van der Waals surface area contributed by atoms with E-state index in [2.05, 4.69) is 14.6 Å². The molecule has 1 aliphatic rings. The van der Waals surface area contributed by atoms with Gasteiger partial charge in [0.05, 0.1) is 11.3 Å². The van der Waals surface area contributed by atoms with Crippen molar-refractivity contribution in [1.82, 2.24) is 14.8 Å². The summed E-state index contributed by atoms with van der Waals surface area (Å²) in [6.45, 7) is 2.55. The first-order valence-corrected chi connectivity index (χ1v) is 11.5. The number of carbonyl (C=O) groups is 1. The van der Waals surface area contributed by atoms with E-state index >= 15 is 0 Å². The first kappa shape index (κ1) is 23.1. The first-order valence-electron chi connectivity index (χ1n) is 10.7. The monoisotopic (exact) mass is 473 g/mol. The maximum atomic E-state index is 12.8. The third-order valence-corrected chi connectivity index (χ3v) is 6.23. The van der Waals surface area contributed by atoms with Crippen molar-refractivity contribution in [2.75, 3.05) is 26.2 Å². The standard InChI is InChI=1S/C24H25F2N3O3S/c1-17-6-8-19(9-7-17)31-15-22-27-18(16-33-22)14-28-10-12-29(13-11-28)23(30)20-4-2-3-5-21(20)32-24(25)26/h2-9,16,24H,10-15H2,1H3. The zero-order valence-electron chi connectivity index (χ0n) is 18.2. The van der Waals surface area contributed by atoms with E-state index in [0.717, 1.165) is 16.5 Å². The average molecular weight is 474 g/mol. The van der Waals surface area contributed by atoms with Crippen LogP contribution in [-0.4, -0.2) is 53.5 Å². The lowest BCUT2D eigenvalue weighted by Crippen LogP contribution is -2.48. The molecule has 6 nitrogen and oxygen atoms in total. The van der Waals surface area contributed by atoms with Gasteiger partial charge in [0.25, 0.3) is 5.91 Å². The summed E-state index contributed by atoms with van der Waals surface area (Å²) in [6, 6.07) is 14.0. The number of carbonyl (C=O) groups excluding carboxylic acids is 1. The molecule has 0 unspecified atom stereocenters. The fraction of sp³-hybridized carbons (Fsp3) is 0.333. The van der Waals surface area contributed by atoms with Crippen molar-refractivity contribution in [2.45, 2.75) is 26.7 Å². The lowest BCUT2D eigenvalue weighted by molar-refractivity contribution is -0.0503. The molecule has 4 rings (SSSR count). The molecule has 9 heteroatoms. The Hall–Kier alpha value is -3.04. The average Bonchev–Trinajstić information content (AvgIpc) is 3.26. The Labute approximate surface area is 195 Å². The number of halogens is 2. The number of para-hydroxylation sites is 1. The topological polar surface area (TPSA) is 54.9 Å². The number of rotatable bonds is 8. The smallest absolute Gasteiger partial charge is 0.387 e. The van der Waals surface area contributed by atoms with Crippen LogP contribution < -0.4 is 9.47 Å². The predicted octanol–water partition coefficient (Wildman–Crippen LogP) is 4.59. The number of ether oxygens (including phenoxy) is 2. The quantitative estimate of drug-likeness (QED) is 0.479. The lowest BCUT2D eigenvalue weighted by atomic mass is 10.1. The number of thiazole rings is 1. The maximum absolute atomic E-state index is 12.8. The van der Waals surface area contributed by atoms with E-state index in [1.807, 2.05) is 36.6 Å². The molecule has 3 aromatic rings. The van der Waals surface area contributed by atoms with Gasteiger partial charge in [0.2, 0.25) is 0 Å². The molecular weight excluding hydrogens is 448 g/mol. The molecule has 1 amide bonds. The zero-order valence-corrected chi connectivity index (χ0v) is 19.1. The van der Waals surface area contributed by atoms with Gasteiger partial charge in [-0.15, -0.1) is 11.3 Å². The molecule has 1 aliphatic heterocycles. The van der Waals surface area contributed by atoms with Gasteiger partial charge in [-0.05, 0) is 31.2 Å². The Kier molecular flexibility index (Phi) is 7.51. The molecule has 0 N–H and O–H groups in total. The van der Waals surface area contributed by atoms with Crippen LogP contribution in [0.25, 0.3) is 0 Å². The van der Waals surface area contributed by atoms with E-state index in [-0.39, 0.29) is 17.2 Å². The van der Waals surface area contributed by atoms with Crippen LogP contribution in [-0.2, 0) is 13.2 Å². The molecule has 174 valence electrons. The van der Waals surface area contributed by atoms with Crippen molar-refractivity contribution in [1.29, 1.82) is 0 Å². The van der Waals surface area contributed by atoms with Gasteiger partial charge in [0.1, 0.15) is 23.1 Å². The number of aromatic nitrogens is 1. The highest BCUT2D eigenvalue weighted by Crippen LogP contribution is 2.23. The van der Waals surface area contributed by atoms with E-state index in [1.165, 1.54) is 17.7 Å². The fourth-order valence-electron chi connectivity index (χ4n) is 3.62. The van der Waals surface area contributed by atoms with Gasteiger partial charge in [-0.3, -0.25) is 9.69 Å². The minimum absolute atomic E-state index is 0.0946. The van der Waals surface area contributed by atoms with E-state index in [0.29, 0.717) is 39.3 Å². The summed E-state index contributed by atoms with van der Waals surface area (Å²) in [4.78, 5) is 21.4. The fourth-order valence-corrected chi connectivity index (χ4v) is 4.31. The second-order valence-corrected chi connectivity index (χ2v) is 8.72. The van der Waals surface area contributed by atoms with Crippen LogP contribution in [0.4, 0.5) is 8.78 Å². The summed E-state index contributed by atoms with van der Waals surface area (Å²) >= 11 is 1.57. The normalized spacial score (nSPS) is 14.5. The summed E-state index contributed by atoms with van der Waals surface area (Å²) in [5.74, 6) is 0.427. The number of hydrogen-bond acceptors (Lipinski definition) is 6. The second kappa shape index (κ2) is 10.7. The molecule has 0 atom stereocenters. The number of nitrogens with zero attached hydrogens (tertiary/aromatic N) is 3. The highest BCUT2D eigenvalue weighted by atomic mass is 32.1. The molecule has 1 aromatic heterocycles. The lowest BCUT2D eigenvalue weighted by Gasteiger charge is -2.34. The van der Waals surface area contributed by atoms with Gasteiger partial charge in [0, 0.05) is 38.1 Å². The highest BCUT2D eigenvalue weighted by molar-refractivity contribution is 7.09. The number of benzene rings is 2. The van der Waals surface area contributed by atoms with Crippen LogP contribution in [0.2, 0.25) is 0 Å². The number of amides is 1. The summed E-state index contributed by atoms with van der Waals surface area (Å²) in [7, 11) is 0. The Bertz CT molecular complexity index is 1070. The largest absolute Gasteiger partial charge is 0.486 e. The zero-order chi connectivity index (χ0) is 23.2. The second-order valence-electron chi connectivity index (χ2n) is 7.78. The Morgan fingerprint density at radius 3 is 2.55 bits per heavy atom. The molecule has 33 heavy (non-hydrogen) atoms. The minimum atomic E-state index is -2.97. The molecule has 2 heterocycles. The van der Waals surface area contributed by atoms with Gasteiger partial charge in [-0.2, -0.15) is 8.78 Å². The van der Waals surface area contributed by atoms with E-state index in [1.54, 1.807) is 28.4 Å². The molecule has 1 fully saturated rings. The number of aryl methyl sites for hydroxylation is 1. The summed E-state index contributed by atoms with van der Waals surface area (Å²) in [5.41, 5.74) is 2.31. The van der Waals surface area contributed by atoms with Crippen LogP contribution in [0.15, 0.2) is 53.9 Å². The third-order valence-electron chi connectivity index (χ3n) is 5.36. The third kappa shape index (κ3) is 6.27. The molecule has 0 spiro atoms. The van der Waals surface area contributed by atoms with E-state index in [9.17, 15) is 13.6 Å². The maximum Gasteiger partial charge on any atom is 0.387 e. The minimum Gasteiger partial charge on any atom is -0.486 e. The molecule has 2 aromatic carbocycles. The summed E-state index contributed by atoms with van der Waals surface area (Å²) < 4.78 is 35.6. The Morgan fingerprint density at radius 2 is 1.82 bits per heavy atom. The molecule has 0 aliphatic carbocycles. The molecule has 1 saturated heterocycles. The number of alkyl halides is 2. The van der Waals surface area contributed by atoms with E-state index < -0.39 is 6.61 Å². The summed E-state index contributed by atoms with van der Waals surface area (Å²) in [5, 5.41) is 2.94. The Morgan fingerprint density at radius 1 is 1.09 bits per heavy atom. The van der Waals surface area contributed by atoms with Crippen molar-refractivity contribution in [2.24, 2.45) is 0 Å². The van der Waals surface area contributed by atoms with Crippen molar-refractivity contribution < 1.29 is 23.0 Å². The molecular formula is C24H25F2N3O3S. The molecule has 0 bridgehead atoms. The predicted molar refractivity (Wildman–Crippen MR) is 122 cm³/mol. The van der Waals surface area contributed by atoms with Crippen LogP contribution in [0.3, 0.4) is 0 Å². The van der Waals surface area contributed by atoms with Crippen molar-refractivity contribution in [3.63, 3.8) is 0 Å². The highest BCUT2D eigenvalue weighted by Gasteiger charge is 2.25.